The topological polar surface area (TPSA) is 57.6 Å². The number of aliphatic hydroxyl groups is 1. The summed E-state index contributed by atoms with van der Waals surface area (Å²) < 4.78 is 0. The van der Waals surface area contributed by atoms with Gasteiger partial charge in [-0.05, 0) is 18.6 Å². The molecule has 0 aromatic heterocycles. The Morgan fingerprint density at radius 3 is 2.19 bits per heavy atom. The zero-order valence-electron chi connectivity index (χ0n) is 8.59. The van der Waals surface area contributed by atoms with Gasteiger partial charge in [-0.2, -0.15) is 0 Å². The Balaban J connectivity index is 1.96. The maximum absolute atomic E-state index is 12.0. The summed E-state index contributed by atoms with van der Waals surface area (Å²) in [5.41, 5.74) is 0.965. The fourth-order valence-corrected chi connectivity index (χ4v) is 2.25. The van der Waals surface area contributed by atoms with Crippen molar-refractivity contribution in [3.8, 4) is 0 Å². The molecule has 1 heterocycles. The van der Waals surface area contributed by atoms with E-state index < -0.39 is 0 Å². The van der Waals surface area contributed by atoms with Crippen LogP contribution in [0.5, 0.6) is 0 Å². The molecule has 0 spiro atoms. The van der Waals surface area contributed by atoms with Crippen LogP contribution in [0.4, 0.5) is 0 Å². The average molecular weight is 217 g/mol. The molecule has 2 aliphatic rings. The van der Waals surface area contributed by atoms with Crippen LogP contribution in [-0.2, 0) is 0 Å². The Hall–Kier alpha value is -1.68. The molecule has 2 amide bonds. The minimum Gasteiger partial charge on any atom is -0.396 e. The summed E-state index contributed by atoms with van der Waals surface area (Å²) in [6.07, 6.45) is 0.724. The van der Waals surface area contributed by atoms with Crippen molar-refractivity contribution in [2.24, 2.45) is 5.92 Å². The van der Waals surface area contributed by atoms with Gasteiger partial charge in [0.2, 0.25) is 0 Å². The third-order valence-electron chi connectivity index (χ3n) is 3.28. The molecule has 2 atom stereocenters. The molecule has 16 heavy (non-hydrogen) atoms. The number of carbonyl (C=O) groups is 2. The molecule has 4 heteroatoms. The molecule has 1 aromatic carbocycles. The fraction of sp³-hybridized carbons (Fsp3) is 0.333. The van der Waals surface area contributed by atoms with E-state index in [4.69, 9.17) is 5.11 Å². The summed E-state index contributed by atoms with van der Waals surface area (Å²) in [6, 6.07) is 6.75. The average Bonchev–Trinajstić information content (AvgIpc) is 3.03. The van der Waals surface area contributed by atoms with Crippen LogP contribution in [0, 0.1) is 5.92 Å². The summed E-state index contributed by atoms with van der Waals surface area (Å²) in [7, 11) is 0. The molecular formula is C12H11NO3. The first-order valence-electron chi connectivity index (χ1n) is 5.32. The summed E-state index contributed by atoms with van der Waals surface area (Å²) in [5, 5.41) is 8.98. The Morgan fingerprint density at radius 2 is 1.75 bits per heavy atom. The lowest BCUT2D eigenvalue weighted by Crippen LogP contribution is -2.33. The molecule has 1 saturated carbocycles. The monoisotopic (exact) mass is 217 g/mol. The highest BCUT2D eigenvalue weighted by molar-refractivity contribution is 6.21. The normalized spacial score (nSPS) is 27.2. The maximum Gasteiger partial charge on any atom is 0.261 e. The predicted octanol–water partition coefficient (Wildman–Crippen LogP) is 0.663. The van der Waals surface area contributed by atoms with Crippen LogP contribution in [0.25, 0.3) is 0 Å². The third kappa shape index (κ3) is 1.13. The van der Waals surface area contributed by atoms with Gasteiger partial charge in [0.1, 0.15) is 0 Å². The second kappa shape index (κ2) is 3.15. The van der Waals surface area contributed by atoms with Crippen molar-refractivity contribution in [2.75, 3.05) is 6.61 Å². The highest BCUT2D eigenvalue weighted by atomic mass is 16.3. The highest BCUT2D eigenvalue weighted by Gasteiger charge is 2.50. The van der Waals surface area contributed by atoms with E-state index in [1.54, 1.807) is 24.3 Å². The minimum absolute atomic E-state index is 0.0398. The highest BCUT2D eigenvalue weighted by Crippen LogP contribution is 2.39. The zero-order chi connectivity index (χ0) is 11.3. The van der Waals surface area contributed by atoms with Gasteiger partial charge in [0.25, 0.3) is 11.8 Å². The molecule has 4 nitrogen and oxygen atoms in total. The van der Waals surface area contributed by atoms with Gasteiger partial charge in [-0.3, -0.25) is 14.5 Å². The summed E-state index contributed by atoms with van der Waals surface area (Å²) in [5.74, 6) is -0.370. The number of fused-ring (bicyclic) bond motifs is 1. The molecular weight excluding hydrogens is 206 g/mol. The van der Waals surface area contributed by atoms with Crippen LogP contribution in [-0.4, -0.2) is 34.5 Å². The van der Waals surface area contributed by atoms with Crippen LogP contribution in [0.2, 0.25) is 0 Å². The number of nitrogens with zero attached hydrogens (tertiary/aromatic N) is 1. The molecule has 2 unspecified atom stereocenters. The van der Waals surface area contributed by atoms with Gasteiger partial charge in [-0.1, -0.05) is 12.1 Å². The molecule has 0 radical (unpaired) electrons. The fourth-order valence-electron chi connectivity index (χ4n) is 2.25. The number of carbonyl (C=O) groups excluding carboxylic acids is 2. The molecule has 82 valence electrons. The van der Waals surface area contributed by atoms with Crippen molar-refractivity contribution < 1.29 is 14.7 Å². The van der Waals surface area contributed by atoms with Gasteiger partial charge in [0, 0.05) is 18.6 Å². The van der Waals surface area contributed by atoms with Crippen LogP contribution in [0.1, 0.15) is 27.1 Å². The molecule has 1 N–H and O–H groups in total. The van der Waals surface area contributed by atoms with Gasteiger partial charge in [-0.15, -0.1) is 0 Å². The Bertz CT molecular complexity index is 448. The van der Waals surface area contributed by atoms with E-state index in [0.29, 0.717) is 11.1 Å². The minimum atomic E-state index is -0.221. The Morgan fingerprint density at radius 1 is 1.19 bits per heavy atom. The molecule has 3 rings (SSSR count). The lowest BCUT2D eigenvalue weighted by Gasteiger charge is -2.12. The van der Waals surface area contributed by atoms with Crippen LogP contribution in [0.15, 0.2) is 24.3 Å². The first-order valence-corrected chi connectivity index (χ1v) is 5.32. The molecule has 1 aliphatic carbocycles. The maximum atomic E-state index is 12.0. The van der Waals surface area contributed by atoms with Crippen molar-refractivity contribution >= 4 is 11.8 Å². The second-order valence-electron chi connectivity index (χ2n) is 4.27. The van der Waals surface area contributed by atoms with Gasteiger partial charge in [-0.25, -0.2) is 0 Å². The van der Waals surface area contributed by atoms with Gasteiger partial charge >= 0.3 is 0 Å². The molecule has 1 fully saturated rings. The summed E-state index contributed by atoms with van der Waals surface area (Å²) in [6.45, 7) is 0.0398. The standard InChI is InChI=1S/C12H11NO3/c14-6-7-5-10(7)13-11(15)8-3-1-2-4-9(8)12(13)16/h1-4,7,10,14H,5-6H2. The first-order chi connectivity index (χ1) is 7.74. The van der Waals surface area contributed by atoms with E-state index in [-0.39, 0.29) is 30.4 Å². The van der Waals surface area contributed by atoms with Crippen molar-refractivity contribution in [1.29, 1.82) is 0 Å². The van der Waals surface area contributed by atoms with Crippen LogP contribution >= 0.6 is 0 Å². The van der Waals surface area contributed by atoms with Gasteiger partial charge in [0.05, 0.1) is 11.1 Å². The van der Waals surface area contributed by atoms with E-state index in [1.165, 1.54) is 4.90 Å². The van der Waals surface area contributed by atoms with E-state index in [0.717, 1.165) is 6.42 Å². The smallest absolute Gasteiger partial charge is 0.261 e. The largest absolute Gasteiger partial charge is 0.396 e. The number of hydrogen-bond donors (Lipinski definition) is 1. The second-order valence-corrected chi connectivity index (χ2v) is 4.27. The van der Waals surface area contributed by atoms with Crippen molar-refractivity contribution in [3.05, 3.63) is 35.4 Å². The lowest BCUT2D eigenvalue weighted by atomic mass is 10.1. The number of benzene rings is 1. The van der Waals surface area contributed by atoms with Crippen molar-refractivity contribution in [2.45, 2.75) is 12.5 Å². The number of rotatable bonds is 2. The molecule has 1 aromatic rings. The summed E-state index contributed by atoms with van der Waals surface area (Å²) >= 11 is 0. The Labute approximate surface area is 92.5 Å². The van der Waals surface area contributed by atoms with Gasteiger partial charge in [0.15, 0.2) is 0 Å². The van der Waals surface area contributed by atoms with E-state index >= 15 is 0 Å². The molecule has 0 saturated heterocycles. The van der Waals surface area contributed by atoms with E-state index in [9.17, 15) is 9.59 Å². The number of amides is 2. The predicted molar refractivity (Wildman–Crippen MR) is 55.9 cm³/mol. The van der Waals surface area contributed by atoms with Crippen LogP contribution in [0.3, 0.4) is 0 Å². The third-order valence-corrected chi connectivity index (χ3v) is 3.28. The van der Waals surface area contributed by atoms with Crippen molar-refractivity contribution in [1.82, 2.24) is 4.90 Å². The summed E-state index contributed by atoms with van der Waals surface area (Å²) in [4.78, 5) is 25.2. The van der Waals surface area contributed by atoms with E-state index in [1.807, 2.05) is 0 Å². The zero-order valence-corrected chi connectivity index (χ0v) is 8.59. The van der Waals surface area contributed by atoms with Crippen LogP contribution < -0.4 is 0 Å². The first kappa shape index (κ1) is 9.54. The molecule has 0 bridgehead atoms. The number of imide groups is 1. The quantitative estimate of drug-likeness (QED) is 0.740. The lowest BCUT2D eigenvalue weighted by molar-refractivity contribution is 0.0629. The van der Waals surface area contributed by atoms with E-state index in [2.05, 4.69) is 0 Å². The van der Waals surface area contributed by atoms with Gasteiger partial charge < -0.3 is 5.11 Å². The van der Waals surface area contributed by atoms with Crippen molar-refractivity contribution in [3.63, 3.8) is 0 Å². The SMILES string of the molecule is O=C1c2ccccc2C(=O)N1C1CC1CO. The Kier molecular flexibility index (Phi) is 1.88. The number of aliphatic hydroxyl groups excluding tert-OH is 1. The number of hydrogen-bond acceptors (Lipinski definition) is 3. The molecule has 1 aliphatic heterocycles.